The van der Waals surface area contributed by atoms with Gasteiger partial charge in [0.2, 0.25) is 0 Å². The summed E-state index contributed by atoms with van der Waals surface area (Å²) in [4.78, 5) is 5.02. The van der Waals surface area contributed by atoms with Gasteiger partial charge in [0.25, 0.3) is 0 Å². The summed E-state index contributed by atoms with van der Waals surface area (Å²) in [7, 11) is 0. The molecule has 5 heteroatoms. The molecule has 5 nitrogen and oxygen atoms in total. The Kier molecular flexibility index (Phi) is 4.96. The summed E-state index contributed by atoms with van der Waals surface area (Å²) in [5, 5.41) is 4.37. The van der Waals surface area contributed by atoms with Gasteiger partial charge in [-0.1, -0.05) is 0 Å². The SMILES string of the molecule is CCn1cc(C(CN)N2CCN(C(C)C)CC2)cn1. The number of rotatable bonds is 5. The van der Waals surface area contributed by atoms with Gasteiger partial charge in [-0.25, -0.2) is 0 Å². The van der Waals surface area contributed by atoms with Gasteiger partial charge in [-0.05, 0) is 20.8 Å². The van der Waals surface area contributed by atoms with Crippen molar-refractivity contribution in [3.63, 3.8) is 0 Å². The molecule has 0 aliphatic carbocycles. The zero-order valence-corrected chi connectivity index (χ0v) is 12.4. The second-order valence-corrected chi connectivity index (χ2v) is 5.55. The molecule has 1 atom stereocenters. The normalized spacial score (nSPS) is 20.1. The van der Waals surface area contributed by atoms with Crippen molar-refractivity contribution in [3.8, 4) is 0 Å². The second-order valence-electron chi connectivity index (χ2n) is 5.55. The molecule has 1 aromatic heterocycles. The molecule has 2 rings (SSSR count). The summed E-state index contributed by atoms with van der Waals surface area (Å²) in [5.41, 5.74) is 7.24. The van der Waals surface area contributed by atoms with Crippen molar-refractivity contribution in [3.05, 3.63) is 18.0 Å². The van der Waals surface area contributed by atoms with Crippen LogP contribution in [0, 0.1) is 0 Å². The molecule has 1 aliphatic heterocycles. The first kappa shape index (κ1) is 14.5. The molecule has 1 saturated heterocycles. The third-order valence-corrected chi connectivity index (χ3v) is 4.11. The van der Waals surface area contributed by atoms with Crippen molar-refractivity contribution >= 4 is 0 Å². The highest BCUT2D eigenvalue weighted by Crippen LogP contribution is 2.21. The Morgan fingerprint density at radius 2 is 1.84 bits per heavy atom. The van der Waals surface area contributed by atoms with Gasteiger partial charge in [0.05, 0.1) is 12.2 Å². The molecule has 0 bridgehead atoms. The van der Waals surface area contributed by atoms with Crippen LogP contribution in [-0.2, 0) is 6.54 Å². The molecule has 0 saturated carbocycles. The van der Waals surface area contributed by atoms with Gasteiger partial charge in [0.1, 0.15) is 0 Å². The smallest absolute Gasteiger partial charge is 0.0538 e. The van der Waals surface area contributed by atoms with E-state index in [2.05, 4.69) is 41.9 Å². The average molecular weight is 265 g/mol. The molecule has 2 N–H and O–H groups in total. The van der Waals surface area contributed by atoms with Gasteiger partial charge in [-0.2, -0.15) is 5.10 Å². The quantitative estimate of drug-likeness (QED) is 0.860. The van der Waals surface area contributed by atoms with Crippen LogP contribution in [-0.4, -0.2) is 58.3 Å². The number of piperazine rings is 1. The van der Waals surface area contributed by atoms with Crippen LogP contribution in [0.15, 0.2) is 12.4 Å². The molecule has 1 aliphatic rings. The summed E-state index contributed by atoms with van der Waals surface area (Å²) in [6, 6.07) is 0.955. The van der Waals surface area contributed by atoms with Crippen LogP contribution in [0.25, 0.3) is 0 Å². The molecular formula is C14H27N5. The molecule has 1 aromatic rings. The van der Waals surface area contributed by atoms with Gasteiger partial charge in [0, 0.05) is 57.1 Å². The van der Waals surface area contributed by atoms with Crippen molar-refractivity contribution in [2.24, 2.45) is 5.73 Å². The van der Waals surface area contributed by atoms with Crippen LogP contribution in [0.3, 0.4) is 0 Å². The maximum absolute atomic E-state index is 5.99. The minimum absolute atomic E-state index is 0.314. The molecule has 2 heterocycles. The van der Waals surface area contributed by atoms with Gasteiger partial charge in [-0.3, -0.25) is 14.5 Å². The molecule has 0 spiro atoms. The highest BCUT2D eigenvalue weighted by Gasteiger charge is 2.25. The van der Waals surface area contributed by atoms with E-state index >= 15 is 0 Å². The van der Waals surface area contributed by atoms with E-state index < -0.39 is 0 Å². The molecule has 0 amide bonds. The minimum atomic E-state index is 0.314. The van der Waals surface area contributed by atoms with Crippen LogP contribution in [0.4, 0.5) is 0 Å². The Morgan fingerprint density at radius 3 is 2.32 bits per heavy atom. The van der Waals surface area contributed by atoms with Crippen LogP contribution in [0.1, 0.15) is 32.4 Å². The van der Waals surface area contributed by atoms with Crippen molar-refractivity contribution in [2.45, 2.75) is 39.4 Å². The number of aromatic nitrogens is 2. The van der Waals surface area contributed by atoms with Gasteiger partial charge in [0.15, 0.2) is 0 Å². The Morgan fingerprint density at radius 1 is 1.21 bits per heavy atom. The number of hydrogen-bond donors (Lipinski definition) is 1. The zero-order valence-electron chi connectivity index (χ0n) is 12.4. The highest BCUT2D eigenvalue weighted by atomic mass is 15.3. The predicted molar refractivity (Wildman–Crippen MR) is 78.0 cm³/mol. The lowest BCUT2D eigenvalue weighted by atomic mass is 10.1. The van der Waals surface area contributed by atoms with E-state index in [0.717, 1.165) is 32.7 Å². The van der Waals surface area contributed by atoms with Gasteiger partial charge < -0.3 is 5.73 Å². The Balaban J connectivity index is 1.99. The van der Waals surface area contributed by atoms with Crippen molar-refractivity contribution in [1.82, 2.24) is 19.6 Å². The lowest BCUT2D eigenvalue weighted by Gasteiger charge is -2.40. The lowest BCUT2D eigenvalue weighted by molar-refractivity contribution is 0.0802. The van der Waals surface area contributed by atoms with Crippen LogP contribution in [0.5, 0.6) is 0 Å². The molecule has 1 fully saturated rings. The Labute approximate surface area is 116 Å². The first-order chi connectivity index (χ1) is 9.15. The van der Waals surface area contributed by atoms with Crippen molar-refractivity contribution in [1.29, 1.82) is 0 Å². The van der Waals surface area contributed by atoms with E-state index in [-0.39, 0.29) is 0 Å². The maximum Gasteiger partial charge on any atom is 0.0538 e. The fourth-order valence-corrected chi connectivity index (χ4v) is 2.79. The number of nitrogens with two attached hydrogens (primary N) is 1. The fourth-order valence-electron chi connectivity index (χ4n) is 2.79. The number of aryl methyl sites for hydroxylation is 1. The largest absolute Gasteiger partial charge is 0.329 e. The van der Waals surface area contributed by atoms with Crippen LogP contribution < -0.4 is 5.73 Å². The molecule has 19 heavy (non-hydrogen) atoms. The Hall–Kier alpha value is -0.910. The zero-order chi connectivity index (χ0) is 13.8. The summed E-state index contributed by atoms with van der Waals surface area (Å²) in [5.74, 6) is 0. The predicted octanol–water partition coefficient (Wildman–Crippen LogP) is 0.929. The summed E-state index contributed by atoms with van der Waals surface area (Å²) >= 11 is 0. The van der Waals surface area contributed by atoms with E-state index in [1.54, 1.807) is 0 Å². The summed E-state index contributed by atoms with van der Waals surface area (Å²) < 4.78 is 1.97. The maximum atomic E-state index is 5.99. The van der Waals surface area contributed by atoms with Crippen LogP contribution >= 0.6 is 0 Å². The molecule has 0 radical (unpaired) electrons. The van der Waals surface area contributed by atoms with E-state index in [1.807, 2.05) is 10.9 Å². The van der Waals surface area contributed by atoms with Crippen molar-refractivity contribution < 1.29 is 0 Å². The lowest BCUT2D eigenvalue weighted by Crippen LogP contribution is -2.50. The summed E-state index contributed by atoms with van der Waals surface area (Å²) in [6.07, 6.45) is 4.10. The number of nitrogens with zero attached hydrogens (tertiary/aromatic N) is 4. The van der Waals surface area contributed by atoms with Crippen molar-refractivity contribution in [2.75, 3.05) is 32.7 Å². The topological polar surface area (TPSA) is 50.3 Å². The van der Waals surface area contributed by atoms with E-state index in [1.165, 1.54) is 5.56 Å². The van der Waals surface area contributed by atoms with E-state index in [9.17, 15) is 0 Å². The first-order valence-electron chi connectivity index (χ1n) is 7.36. The minimum Gasteiger partial charge on any atom is -0.329 e. The van der Waals surface area contributed by atoms with Gasteiger partial charge >= 0.3 is 0 Å². The molecule has 0 aromatic carbocycles. The third-order valence-electron chi connectivity index (χ3n) is 4.11. The molecule has 1 unspecified atom stereocenters. The highest BCUT2D eigenvalue weighted by molar-refractivity contribution is 5.11. The third kappa shape index (κ3) is 3.35. The second kappa shape index (κ2) is 6.50. The average Bonchev–Trinajstić information content (AvgIpc) is 2.89. The van der Waals surface area contributed by atoms with E-state index in [0.29, 0.717) is 18.6 Å². The molecular weight excluding hydrogens is 238 g/mol. The monoisotopic (exact) mass is 265 g/mol. The van der Waals surface area contributed by atoms with Crippen LogP contribution in [0.2, 0.25) is 0 Å². The standard InChI is InChI=1S/C14H27N5/c1-4-19-11-13(10-16-19)14(9-15)18-7-5-17(6-8-18)12(2)3/h10-12,14H,4-9,15H2,1-3H3. The van der Waals surface area contributed by atoms with E-state index in [4.69, 9.17) is 5.73 Å². The molecule has 108 valence electrons. The first-order valence-corrected chi connectivity index (χ1v) is 7.36. The summed E-state index contributed by atoms with van der Waals surface area (Å²) in [6.45, 7) is 12.7. The number of hydrogen-bond acceptors (Lipinski definition) is 4. The fraction of sp³-hybridized carbons (Fsp3) is 0.786. The van der Waals surface area contributed by atoms with Gasteiger partial charge in [-0.15, -0.1) is 0 Å². The Bertz CT molecular complexity index is 379.